The van der Waals surface area contributed by atoms with Gasteiger partial charge in [-0.3, -0.25) is 4.79 Å². The van der Waals surface area contributed by atoms with Crippen molar-refractivity contribution in [3.63, 3.8) is 0 Å². The third-order valence-corrected chi connectivity index (χ3v) is 3.34. The molecule has 3 N–H and O–H groups in total. The fraction of sp³-hybridized carbons (Fsp3) is 0.467. The number of anilines is 1. The van der Waals surface area contributed by atoms with Crippen LogP contribution in [-0.2, 0) is 4.79 Å². The first-order valence-corrected chi connectivity index (χ1v) is 7.13. The maximum atomic E-state index is 11.3. The Bertz CT molecular complexity index is 663. The fourth-order valence-electron chi connectivity index (χ4n) is 1.65. The molecule has 0 atom stereocenters. The summed E-state index contributed by atoms with van der Waals surface area (Å²) in [6.07, 6.45) is 1.65. The molecule has 0 unspecified atom stereocenters. The molecule has 0 saturated carbocycles. The molecule has 0 fully saturated rings. The van der Waals surface area contributed by atoms with Crippen LogP contribution >= 0.6 is 0 Å². The number of aromatic nitrogens is 3. The van der Waals surface area contributed by atoms with Crippen molar-refractivity contribution in [2.75, 3.05) is 11.9 Å². The standard InChI is InChI=1S/C15H21N5O2/c1-9(2)12-19-13(22-20-12)10-5-6-17-11(7-10)18-8-15(3,4)14(16)21/h5-7,9H,8H2,1-4H3,(H2,16,21)(H,17,18). The minimum atomic E-state index is -0.660. The third-order valence-electron chi connectivity index (χ3n) is 3.34. The van der Waals surface area contributed by atoms with Crippen molar-refractivity contribution in [2.24, 2.45) is 11.1 Å². The maximum Gasteiger partial charge on any atom is 0.258 e. The Labute approximate surface area is 129 Å². The van der Waals surface area contributed by atoms with Crippen LogP contribution < -0.4 is 11.1 Å². The van der Waals surface area contributed by atoms with E-state index in [1.165, 1.54) is 0 Å². The summed E-state index contributed by atoms with van der Waals surface area (Å²) in [7, 11) is 0. The molecule has 1 amide bonds. The zero-order valence-electron chi connectivity index (χ0n) is 13.3. The maximum absolute atomic E-state index is 11.3. The van der Waals surface area contributed by atoms with Gasteiger partial charge >= 0.3 is 0 Å². The number of nitrogens with two attached hydrogens (primary N) is 1. The second-order valence-corrected chi connectivity index (χ2v) is 6.14. The van der Waals surface area contributed by atoms with Crippen LogP contribution in [0.15, 0.2) is 22.9 Å². The number of carbonyl (C=O) groups excluding carboxylic acids is 1. The minimum absolute atomic E-state index is 0.202. The van der Waals surface area contributed by atoms with E-state index in [2.05, 4.69) is 20.4 Å². The lowest BCUT2D eigenvalue weighted by Gasteiger charge is -2.21. The van der Waals surface area contributed by atoms with Gasteiger partial charge in [-0.25, -0.2) is 4.98 Å². The van der Waals surface area contributed by atoms with E-state index in [0.29, 0.717) is 24.1 Å². The van der Waals surface area contributed by atoms with E-state index in [9.17, 15) is 4.79 Å². The average molecular weight is 303 g/mol. The number of carbonyl (C=O) groups is 1. The van der Waals surface area contributed by atoms with E-state index in [-0.39, 0.29) is 11.8 Å². The van der Waals surface area contributed by atoms with Crippen LogP contribution in [0, 0.1) is 5.41 Å². The summed E-state index contributed by atoms with van der Waals surface area (Å²) >= 11 is 0. The van der Waals surface area contributed by atoms with Crippen LogP contribution in [0.25, 0.3) is 11.5 Å². The van der Waals surface area contributed by atoms with Gasteiger partial charge in [0.2, 0.25) is 5.91 Å². The van der Waals surface area contributed by atoms with Gasteiger partial charge in [-0.15, -0.1) is 0 Å². The largest absolute Gasteiger partial charge is 0.369 e. The Morgan fingerprint density at radius 2 is 2.18 bits per heavy atom. The number of rotatable bonds is 6. The number of pyridine rings is 1. The lowest BCUT2D eigenvalue weighted by Crippen LogP contribution is -2.37. The number of nitrogens with zero attached hydrogens (tertiary/aromatic N) is 3. The normalized spacial score (nSPS) is 11.7. The van der Waals surface area contributed by atoms with Gasteiger partial charge < -0.3 is 15.6 Å². The van der Waals surface area contributed by atoms with E-state index in [0.717, 1.165) is 5.56 Å². The van der Waals surface area contributed by atoms with Gasteiger partial charge in [0.15, 0.2) is 5.82 Å². The predicted molar refractivity (Wildman–Crippen MR) is 83.1 cm³/mol. The topological polar surface area (TPSA) is 107 Å². The highest BCUT2D eigenvalue weighted by atomic mass is 16.5. The van der Waals surface area contributed by atoms with Gasteiger partial charge in [0.05, 0.1) is 5.41 Å². The Morgan fingerprint density at radius 1 is 1.45 bits per heavy atom. The van der Waals surface area contributed by atoms with Gasteiger partial charge in [0.25, 0.3) is 5.89 Å². The highest BCUT2D eigenvalue weighted by Crippen LogP contribution is 2.22. The molecule has 118 valence electrons. The summed E-state index contributed by atoms with van der Waals surface area (Å²) in [5.41, 5.74) is 5.47. The van der Waals surface area contributed by atoms with E-state index in [1.54, 1.807) is 32.2 Å². The van der Waals surface area contributed by atoms with Gasteiger partial charge in [-0.1, -0.05) is 19.0 Å². The summed E-state index contributed by atoms with van der Waals surface area (Å²) in [4.78, 5) is 19.9. The number of hydrogen-bond donors (Lipinski definition) is 2. The molecule has 0 aliphatic carbocycles. The lowest BCUT2D eigenvalue weighted by molar-refractivity contribution is -0.125. The zero-order valence-corrected chi connectivity index (χ0v) is 13.3. The van der Waals surface area contributed by atoms with Crippen molar-refractivity contribution in [2.45, 2.75) is 33.6 Å². The molecule has 0 aliphatic heterocycles. The molecular weight excluding hydrogens is 282 g/mol. The van der Waals surface area contributed by atoms with Crippen molar-refractivity contribution >= 4 is 11.7 Å². The average Bonchev–Trinajstić information content (AvgIpc) is 2.95. The summed E-state index contributed by atoms with van der Waals surface area (Å²) in [5.74, 6) is 1.57. The van der Waals surface area contributed by atoms with Crippen LogP contribution in [0.4, 0.5) is 5.82 Å². The molecular formula is C15H21N5O2. The molecule has 2 rings (SSSR count). The zero-order chi connectivity index (χ0) is 16.3. The summed E-state index contributed by atoms with van der Waals surface area (Å²) in [6.45, 7) is 7.94. The lowest BCUT2D eigenvalue weighted by atomic mass is 9.93. The quantitative estimate of drug-likeness (QED) is 0.847. The van der Waals surface area contributed by atoms with Crippen molar-refractivity contribution in [1.82, 2.24) is 15.1 Å². The van der Waals surface area contributed by atoms with E-state index in [4.69, 9.17) is 10.3 Å². The Kier molecular flexibility index (Phi) is 4.44. The molecule has 0 radical (unpaired) electrons. The molecule has 7 heteroatoms. The van der Waals surface area contributed by atoms with Crippen LogP contribution in [0.1, 0.15) is 39.4 Å². The predicted octanol–water partition coefficient (Wildman–Crippen LogP) is 2.18. The van der Waals surface area contributed by atoms with Crippen molar-refractivity contribution < 1.29 is 9.32 Å². The fourth-order valence-corrected chi connectivity index (χ4v) is 1.65. The van der Waals surface area contributed by atoms with Crippen molar-refractivity contribution in [1.29, 1.82) is 0 Å². The van der Waals surface area contributed by atoms with Crippen molar-refractivity contribution in [3.8, 4) is 11.5 Å². The first-order chi connectivity index (χ1) is 10.3. The van der Waals surface area contributed by atoms with Gasteiger partial charge in [-0.2, -0.15) is 4.98 Å². The molecule has 0 aromatic carbocycles. The summed E-state index contributed by atoms with van der Waals surface area (Å²) in [5, 5.41) is 7.05. The number of amides is 1. The first-order valence-electron chi connectivity index (χ1n) is 7.13. The van der Waals surface area contributed by atoms with E-state index in [1.807, 2.05) is 13.8 Å². The molecule has 2 aromatic rings. The molecule has 2 heterocycles. The van der Waals surface area contributed by atoms with Crippen LogP contribution in [0.3, 0.4) is 0 Å². The SMILES string of the molecule is CC(C)c1noc(-c2ccnc(NCC(C)(C)C(N)=O)c2)n1. The molecule has 0 spiro atoms. The van der Waals surface area contributed by atoms with Gasteiger partial charge in [-0.05, 0) is 26.0 Å². The van der Waals surface area contributed by atoms with Crippen LogP contribution in [-0.4, -0.2) is 27.6 Å². The van der Waals surface area contributed by atoms with E-state index < -0.39 is 5.41 Å². The Morgan fingerprint density at radius 3 is 2.77 bits per heavy atom. The molecule has 2 aromatic heterocycles. The summed E-state index contributed by atoms with van der Waals surface area (Å²) < 4.78 is 5.26. The third kappa shape index (κ3) is 3.60. The Hall–Kier alpha value is -2.44. The number of nitrogens with one attached hydrogen (secondary N) is 1. The highest BCUT2D eigenvalue weighted by Gasteiger charge is 2.24. The second-order valence-electron chi connectivity index (χ2n) is 6.14. The first kappa shape index (κ1) is 15.9. The molecule has 0 saturated heterocycles. The smallest absolute Gasteiger partial charge is 0.258 e. The highest BCUT2D eigenvalue weighted by molar-refractivity contribution is 5.80. The number of primary amides is 1. The molecule has 7 nitrogen and oxygen atoms in total. The molecule has 22 heavy (non-hydrogen) atoms. The number of hydrogen-bond acceptors (Lipinski definition) is 6. The van der Waals surface area contributed by atoms with Crippen LogP contribution in [0.2, 0.25) is 0 Å². The minimum Gasteiger partial charge on any atom is -0.369 e. The van der Waals surface area contributed by atoms with Crippen LogP contribution in [0.5, 0.6) is 0 Å². The second kappa shape index (κ2) is 6.13. The van der Waals surface area contributed by atoms with Crippen molar-refractivity contribution in [3.05, 3.63) is 24.2 Å². The summed E-state index contributed by atoms with van der Waals surface area (Å²) in [6, 6.07) is 3.59. The Balaban J connectivity index is 2.14. The van der Waals surface area contributed by atoms with E-state index >= 15 is 0 Å². The molecule has 0 aliphatic rings. The monoisotopic (exact) mass is 303 g/mol. The van der Waals surface area contributed by atoms with Gasteiger partial charge in [0, 0.05) is 24.2 Å². The molecule has 0 bridgehead atoms. The van der Waals surface area contributed by atoms with Gasteiger partial charge in [0.1, 0.15) is 5.82 Å².